The number of nitrogens with zero attached hydrogens (tertiary/aromatic N) is 1. The van der Waals surface area contributed by atoms with Gasteiger partial charge < -0.3 is 14.8 Å². The van der Waals surface area contributed by atoms with Crippen molar-refractivity contribution in [1.82, 2.24) is 4.57 Å². The van der Waals surface area contributed by atoms with Crippen molar-refractivity contribution in [3.8, 4) is 11.5 Å². The summed E-state index contributed by atoms with van der Waals surface area (Å²) < 4.78 is 1.40. The van der Waals surface area contributed by atoms with Crippen LogP contribution in [0.2, 0.25) is 15.2 Å². The van der Waals surface area contributed by atoms with E-state index in [0.717, 1.165) is 25.7 Å². The number of carbonyl (C=O) groups excluding carboxylic acids is 1. The maximum Gasteiger partial charge on any atom is 0.216 e. The molecule has 1 heterocycles. The molecular weight excluding hydrogens is 385 g/mol. The van der Waals surface area contributed by atoms with Gasteiger partial charge in [-0.3, -0.25) is 4.79 Å². The highest BCUT2D eigenvalue weighted by atomic mass is 35.5. The first-order valence-electron chi connectivity index (χ1n) is 8.08. The highest BCUT2D eigenvalue weighted by Gasteiger charge is 2.26. The molecule has 1 aromatic heterocycles. The summed E-state index contributed by atoms with van der Waals surface area (Å²) >= 11 is 18.0. The summed E-state index contributed by atoms with van der Waals surface area (Å²) in [7, 11) is 1.58. The molecule has 0 radical (unpaired) electrons. The maximum absolute atomic E-state index is 12.8. The number of hydrogen-bond donors (Lipinski definition) is 2. The Morgan fingerprint density at radius 3 is 2.28 bits per heavy atom. The molecule has 0 atom stereocenters. The van der Waals surface area contributed by atoms with E-state index >= 15 is 0 Å². The zero-order valence-electron chi connectivity index (χ0n) is 14.1. The van der Waals surface area contributed by atoms with Crippen LogP contribution in [0.1, 0.15) is 54.2 Å². The minimum absolute atomic E-state index is 0.0260. The van der Waals surface area contributed by atoms with Gasteiger partial charge >= 0.3 is 0 Å². The highest BCUT2D eigenvalue weighted by Crippen LogP contribution is 2.40. The number of phenolic OH excluding ortho intramolecular Hbond substituents is 2. The lowest BCUT2D eigenvalue weighted by molar-refractivity contribution is 0.102. The topological polar surface area (TPSA) is 62.5 Å². The molecule has 136 valence electrons. The van der Waals surface area contributed by atoms with Gasteiger partial charge in [-0.2, -0.15) is 0 Å². The maximum atomic E-state index is 12.8. The molecule has 1 aromatic carbocycles. The van der Waals surface area contributed by atoms with Crippen LogP contribution < -0.4 is 0 Å². The van der Waals surface area contributed by atoms with Gasteiger partial charge in [0.25, 0.3) is 0 Å². The number of aryl methyl sites for hydroxylation is 1. The summed E-state index contributed by atoms with van der Waals surface area (Å²) in [6.45, 7) is 2.11. The number of halogens is 3. The third-order valence-electron chi connectivity index (χ3n) is 4.18. The molecule has 0 amide bonds. The lowest BCUT2D eigenvalue weighted by atomic mass is 9.98. The molecule has 0 unspecified atom stereocenters. The smallest absolute Gasteiger partial charge is 0.216 e. The molecule has 2 N–H and O–H groups in total. The molecule has 0 aliphatic heterocycles. The summed E-state index contributed by atoms with van der Waals surface area (Å²) in [4.78, 5) is 12.8. The largest absolute Gasteiger partial charge is 0.507 e. The normalized spacial score (nSPS) is 11.1. The zero-order chi connectivity index (χ0) is 18.7. The monoisotopic (exact) mass is 403 g/mol. The van der Waals surface area contributed by atoms with Crippen molar-refractivity contribution in [2.45, 2.75) is 39.0 Å². The molecule has 2 rings (SSSR count). The number of carbonyl (C=O) groups is 1. The second-order valence-corrected chi connectivity index (χ2v) is 7.13. The van der Waals surface area contributed by atoms with Crippen molar-refractivity contribution >= 4 is 40.6 Å². The Kier molecular flexibility index (Phi) is 6.66. The number of phenols is 2. The molecule has 0 saturated heterocycles. The number of benzene rings is 1. The number of rotatable bonds is 7. The van der Waals surface area contributed by atoms with Crippen molar-refractivity contribution in [2.24, 2.45) is 7.05 Å². The Bertz CT molecular complexity index is 800. The van der Waals surface area contributed by atoms with Crippen LogP contribution in [0.25, 0.3) is 0 Å². The van der Waals surface area contributed by atoms with E-state index in [2.05, 4.69) is 6.92 Å². The van der Waals surface area contributed by atoms with Crippen LogP contribution >= 0.6 is 34.8 Å². The highest BCUT2D eigenvalue weighted by molar-refractivity contribution is 6.42. The van der Waals surface area contributed by atoms with E-state index in [9.17, 15) is 15.0 Å². The zero-order valence-corrected chi connectivity index (χ0v) is 16.3. The van der Waals surface area contributed by atoms with Crippen LogP contribution in [0.15, 0.2) is 12.1 Å². The van der Waals surface area contributed by atoms with Gasteiger partial charge in [0.1, 0.15) is 22.2 Å². The molecule has 4 nitrogen and oxygen atoms in total. The van der Waals surface area contributed by atoms with Crippen LogP contribution in [0, 0.1) is 0 Å². The fourth-order valence-electron chi connectivity index (χ4n) is 2.72. The number of hydrogen-bond acceptors (Lipinski definition) is 3. The molecule has 0 saturated carbocycles. The van der Waals surface area contributed by atoms with Crippen molar-refractivity contribution in [3.63, 3.8) is 0 Å². The number of aromatic nitrogens is 1. The molecule has 0 bridgehead atoms. The third-order valence-corrected chi connectivity index (χ3v) is 5.31. The Morgan fingerprint density at radius 2 is 1.72 bits per heavy atom. The number of unbranched alkanes of at least 4 members (excludes halogenated alkanes) is 3. The Balaban J connectivity index is 2.44. The van der Waals surface area contributed by atoms with Crippen LogP contribution in [-0.2, 0) is 13.5 Å². The average Bonchev–Trinajstić information content (AvgIpc) is 2.83. The van der Waals surface area contributed by atoms with Gasteiger partial charge in [-0.1, -0.05) is 61.0 Å². The Labute approximate surface area is 161 Å². The average molecular weight is 405 g/mol. The van der Waals surface area contributed by atoms with E-state index in [1.54, 1.807) is 7.05 Å². The van der Waals surface area contributed by atoms with E-state index in [0.29, 0.717) is 12.0 Å². The molecule has 2 aromatic rings. The Morgan fingerprint density at radius 1 is 1.04 bits per heavy atom. The molecule has 0 aliphatic rings. The predicted octanol–water partition coefficient (Wildman–Crippen LogP) is 5.75. The van der Waals surface area contributed by atoms with Crippen LogP contribution in [-0.4, -0.2) is 20.6 Å². The van der Waals surface area contributed by atoms with E-state index in [-0.39, 0.29) is 32.2 Å². The minimum atomic E-state index is -0.594. The minimum Gasteiger partial charge on any atom is -0.507 e. The quantitative estimate of drug-likeness (QED) is 0.456. The van der Waals surface area contributed by atoms with Gasteiger partial charge in [0, 0.05) is 7.05 Å². The lowest BCUT2D eigenvalue weighted by Gasteiger charge is -2.13. The van der Waals surface area contributed by atoms with Crippen LogP contribution in [0.4, 0.5) is 0 Å². The number of ketones is 1. The van der Waals surface area contributed by atoms with Gasteiger partial charge in [0.05, 0.1) is 15.7 Å². The SMILES string of the molecule is CCCCCCc1cc(Cl)c(O)c(C(=O)c2cc(Cl)c(Cl)n2C)c1O. The van der Waals surface area contributed by atoms with Crippen molar-refractivity contribution in [2.75, 3.05) is 0 Å². The summed E-state index contributed by atoms with van der Waals surface area (Å²) in [6, 6.07) is 2.90. The van der Waals surface area contributed by atoms with E-state index in [4.69, 9.17) is 34.8 Å². The second-order valence-electron chi connectivity index (χ2n) is 5.96. The van der Waals surface area contributed by atoms with Gasteiger partial charge in [-0.25, -0.2) is 0 Å². The van der Waals surface area contributed by atoms with E-state index < -0.39 is 11.5 Å². The molecule has 0 fully saturated rings. The van der Waals surface area contributed by atoms with Crippen molar-refractivity contribution in [3.05, 3.63) is 44.2 Å². The van der Waals surface area contributed by atoms with Gasteiger partial charge in [0.2, 0.25) is 5.78 Å². The molecule has 7 heteroatoms. The summed E-state index contributed by atoms with van der Waals surface area (Å²) in [5.41, 5.74) is 0.459. The first kappa shape index (κ1) is 20.0. The fraction of sp³-hybridized carbons (Fsp3) is 0.389. The van der Waals surface area contributed by atoms with Gasteiger partial charge in [-0.05, 0) is 30.5 Å². The lowest BCUT2D eigenvalue weighted by Crippen LogP contribution is -2.09. The molecule has 0 aliphatic carbocycles. The number of aromatic hydroxyl groups is 2. The summed E-state index contributed by atoms with van der Waals surface area (Å²) in [6.07, 6.45) is 4.64. The van der Waals surface area contributed by atoms with Crippen molar-refractivity contribution < 1.29 is 15.0 Å². The second kappa shape index (κ2) is 8.35. The van der Waals surface area contributed by atoms with Crippen molar-refractivity contribution in [1.29, 1.82) is 0 Å². The standard InChI is InChI=1S/C18H20Cl3NO3/c1-3-4-5-6-7-10-8-11(19)16(24)14(15(10)23)17(25)13-9-12(20)18(21)22(13)2/h8-9,23-24H,3-7H2,1-2H3. The van der Waals surface area contributed by atoms with Crippen LogP contribution in [0.3, 0.4) is 0 Å². The first-order valence-corrected chi connectivity index (χ1v) is 9.21. The Hall–Kier alpha value is -1.36. The first-order chi connectivity index (χ1) is 11.8. The molecular formula is C18H20Cl3NO3. The molecule has 25 heavy (non-hydrogen) atoms. The van der Waals surface area contributed by atoms with Gasteiger partial charge in [0.15, 0.2) is 0 Å². The van der Waals surface area contributed by atoms with E-state index in [1.807, 2.05) is 0 Å². The third kappa shape index (κ3) is 4.08. The summed E-state index contributed by atoms with van der Waals surface area (Å²) in [5, 5.41) is 21.2. The van der Waals surface area contributed by atoms with Gasteiger partial charge in [-0.15, -0.1) is 0 Å². The van der Waals surface area contributed by atoms with E-state index in [1.165, 1.54) is 16.7 Å². The predicted molar refractivity (Wildman–Crippen MR) is 101 cm³/mol. The summed E-state index contributed by atoms with van der Waals surface area (Å²) in [5.74, 6) is -1.30. The molecule has 0 spiro atoms. The van der Waals surface area contributed by atoms with Crippen LogP contribution in [0.5, 0.6) is 11.5 Å². The fourth-order valence-corrected chi connectivity index (χ4v) is 3.32.